The van der Waals surface area contributed by atoms with Gasteiger partial charge in [-0.25, -0.2) is 4.98 Å². The van der Waals surface area contributed by atoms with Crippen molar-refractivity contribution >= 4 is 17.9 Å². The SMILES string of the molecule is COc1cc(C=O)cc(Cl)c1OCc1cncn1C(C)C. The van der Waals surface area contributed by atoms with E-state index in [9.17, 15) is 4.79 Å². The molecule has 2 aromatic rings. The van der Waals surface area contributed by atoms with E-state index < -0.39 is 0 Å². The first kappa shape index (κ1) is 15.4. The number of benzene rings is 1. The minimum Gasteiger partial charge on any atom is -0.493 e. The van der Waals surface area contributed by atoms with Crippen molar-refractivity contribution in [1.82, 2.24) is 9.55 Å². The number of methoxy groups -OCH3 is 1. The number of carbonyl (C=O) groups excluding carboxylic acids is 1. The van der Waals surface area contributed by atoms with Crippen LogP contribution in [0.4, 0.5) is 0 Å². The Hall–Kier alpha value is -2.01. The number of hydrogen-bond acceptors (Lipinski definition) is 4. The molecule has 0 unspecified atom stereocenters. The van der Waals surface area contributed by atoms with Gasteiger partial charge in [-0.2, -0.15) is 0 Å². The topological polar surface area (TPSA) is 53.4 Å². The molecule has 0 aliphatic carbocycles. The Morgan fingerprint density at radius 2 is 2.19 bits per heavy atom. The van der Waals surface area contributed by atoms with Crippen LogP contribution >= 0.6 is 11.6 Å². The van der Waals surface area contributed by atoms with E-state index in [1.807, 2.05) is 4.57 Å². The molecule has 0 fully saturated rings. The molecule has 0 saturated heterocycles. The van der Waals surface area contributed by atoms with Crippen LogP contribution in [0.5, 0.6) is 11.5 Å². The van der Waals surface area contributed by atoms with Crippen LogP contribution in [0.2, 0.25) is 5.02 Å². The van der Waals surface area contributed by atoms with Crippen molar-refractivity contribution < 1.29 is 14.3 Å². The molecule has 0 bridgehead atoms. The molecule has 21 heavy (non-hydrogen) atoms. The maximum Gasteiger partial charge on any atom is 0.180 e. The highest BCUT2D eigenvalue weighted by atomic mass is 35.5. The summed E-state index contributed by atoms with van der Waals surface area (Å²) in [6.07, 6.45) is 4.23. The van der Waals surface area contributed by atoms with Gasteiger partial charge in [0.15, 0.2) is 11.5 Å². The molecule has 0 aliphatic rings. The number of imidazole rings is 1. The first-order valence-electron chi connectivity index (χ1n) is 6.53. The van der Waals surface area contributed by atoms with Gasteiger partial charge in [-0.15, -0.1) is 0 Å². The fourth-order valence-corrected chi connectivity index (χ4v) is 2.28. The second-order valence-corrected chi connectivity index (χ2v) is 5.23. The van der Waals surface area contributed by atoms with Crippen LogP contribution in [0.3, 0.4) is 0 Å². The Morgan fingerprint density at radius 3 is 2.81 bits per heavy atom. The summed E-state index contributed by atoms with van der Waals surface area (Å²) in [4.78, 5) is 15.0. The second-order valence-electron chi connectivity index (χ2n) is 4.83. The van der Waals surface area contributed by atoms with Crippen LogP contribution in [-0.4, -0.2) is 22.9 Å². The lowest BCUT2D eigenvalue weighted by atomic mass is 10.2. The lowest BCUT2D eigenvalue weighted by Crippen LogP contribution is -2.08. The summed E-state index contributed by atoms with van der Waals surface area (Å²) in [5.74, 6) is 0.849. The Balaban J connectivity index is 2.23. The molecule has 1 aromatic heterocycles. The highest BCUT2D eigenvalue weighted by Crippen LogP contribution is 2.36. The first-order valence-corrected chi connectivity index (χ1v) is 6.90. The van der Waals surface area contributed by atoms with Gasteiger partial charge in [-0.05, 0) is 26.0 Å². The fourth-order valence-electron chi connectivity index (χ4n) is 2.00. The third-order valence-electron chi connectivity index (χ3n) is 3.05. The Labute approximate surface area is 128 Å². The lowest BCUT2D eigenvalue weighted by Gasteiger charge is -2.15. The average Bonchev–Trinajstić information content (AvgIpc) is 2.93. The van der Waals surface area contributed by atoms with Crippen LogP contribution < -0.4 is 9.47 Å². The third kappa shape index (κ3) is 3.36. The van der Waals surface area contributed by atoms with Crippen LogP contribution in [-0.2, 0) is 6.61 Å². The predicted octanol–water partition coefficient (Wildman–Crippen LogP) is 3.52. The van der Waals surface area contributed by atoms with Crippen molar-refractivity contribution in [2.45, 2.75) is 26.5 Å². The molecular formula is C15H17ClN2O3. The molecule has 5 nitrogen and oxygen atoms in total. The van der Waals surface area contributed by atoms with Gasteiger partial charge < -0.3 is 14.0 Å². The van der Waals surface area contributed by atoms with E-state index in [-0.39, 0.29) is 0 Å². The summed E-state index contributed by atoms with van der Waals surface area (Å²) >= 11 is 6.15. The molecule has 0 spiro atoms. The number of rotatable bonds is 6. The molecule has 0 N–H and O–H groups in total. The molecule has 0 radical (unpaired) electrons. The fraction of sp³-hybridized carbons (Fsp3) is 0.333. The quantitative estimate of drug-likeness (QED) is 0.766. The number of halogens is 1. The highest BCUT2D eigenvalue weighted by molar-refractivity contribution is 6.32. The summed E-state index contributed by atoms with van der Waals surface area (Å²) in [6, 6.07) is 3.43. The molecule has 0 atom stereocenters. The van der Waals surface area contributed by atoms with E-state index in [1.165, 1.54) is 7.11 Å². The van der Waals surface area contributed by atoms with E-state index in [1.54, 1.807) is 24.7 Å². The van der Waals surface area contributed by atoms with Gasteiger partial charge in [-0.3, -0.25) is 4.79 Å². The average molecular weight is 309 g/mol. The van der Waals surface area contributed by atoms with E-state index in [0.29, 0.717) is 41.0 Å². The molecule has 0 saturated carbocycles. The van der Waals surface area contributed by atoms with Crippen LogP contribution in [0, 0.1) is 0 Å². The molecule has 112 valence electrons. The minimum absolute atomic E-state index is 0.293. The van der Waals surface area contributed by atoms with Gasteiger partial charge >= 0.3 is 0 Å². The third-order valence-corrected chi connectivity index (χ3v) is 3.34. The predicted molar refractivity (Wildman–Crippen MR) is 80.3 cm³/mol. The largest absolute Gasteiger partial charge is 0.493 e. The monoisotopic (exact) mass is 308 g/mol. The maximum absolute atomic E-state index is 10.8. The van der Waals surface area contributed by atoms with Crippen molar-refractivity contribution in [3.05, 3.63) is 40.9 Å². The van der Waals surface area contributed by atoms with Crippen molar-refractivity contribution in [2.75, 3.05) is 7.11 Å². The van der Waals surface area contributed by atoms with Crippen LogP contribution in [0.25, 0.3) is 0 Å². The Kier molecular flexibility index (Phi) is 4.85. The minimum atomic E-state index is 0.293. The van der Waals surface area contributed by atoms with E-state index in [0.717, 1.165) is 5.69 Å². The van der Waals surface area contributed by atoms with E-state index in [2.05, 4.69) is 18.8 Å². The number of carbonyl (C=O) groups is 1. The number of hydrogen-bond donors (Lipinski definition) is 0. The molecule has 6 heteroatoms. The number of ether oxygens (including phenoxy) is 2. The van der Waals surface area contributed by atoms with Gasteiger partial charge in [-0.1, -0.05) is 11.6 Å². The van der Waals surface area contributed by atoms with E-state index in [4.69, 9.17) is 21.1 Å². The standard InChI is InChI=1S/C15H17ClN2O3/c1-10(2)18-9-17-6-12(18)8-21-15-13(16)4-11(7-19)5-14(15)20-3/h4-7,9-10H,8H2,1-3H3. The molecule has 1 aromatic carbocycles. The molecule has 1 heterocycles. The van der Waals surface area contributed by atoms with Gasteiger partial charge in [0.05, 0.1) is 30.4 Å². The Morgan fingerprint density at radius 1 is 1.43 bits per heavy atom. The zero-order valence-electron chi connectivity index (χ0n) is 12.2. The van der Waals surface area contributed by atoms with Gasteiger partial charge in [0, 0.05) is 11.6 Å². The van der Waals surface area contributed by atoms with Crippen molar-refractivity contribution in [2.24, 2.45) is 0 Å². The zero-order chi connectivity index (χ0) is 15.4. The summed E-state index contributed by atoms with van der Waals surface area (Å²) in [6.45, 7) is 4.45. The number of aldehydes is 1. The lowest BCUT2D eigenvalue weighted by molar-refractivity contribution is 0.112. The second kappa shape index (κ2) is 6.63. The normalized spacial score (nSPS) is 10.7. The highest BCUT2D eigenvalue weighted by Gasteiger charge is 2.13. The van der Waals surface area contributed by atoms with Gasteiger partial charge in [0.1, 0.15) is 12.9 Å². The van der Waals surface area contributed by atoms with E-state index >= 15 is 0 Å². The van der Waals surface area contributed by atoms with Crippen molar-refractivity contribution in [1.29, 1.82) is 0 Å². The summed E-state index contributed by atoms with van der Waals surface area (Å²) in [5, 5.41) is 0.340. The molecule has 2 rings (SSSR count). The van der Waals surface area contributed by atoms with Crippen LogP contribution in [0.1, 0.15) is 35.9 Å². The summed E-state index contributed by atoms with van der Waals surface area (Å²) in [7, 11) is 1.51. The Bertz CT molecular complexity index is 638. The van der Waals surface area contributed by atoms with Crippen molar-refractivity contribution in [3.8, 4) is 11.5 Å². The number of nitrogens with zero attached hydrogens (tertiary/aromatic N) is 2. The smallest absolute Gasteiger partial charge is 0.180 e. The zero-order valence-corrected chi connectivity index (χ0v) is 12.9. The first-order chi connectivity index (χ1) is 10.1. The number of aromatic nitrogens is 2. The van der Waals surface area contributed by atoms with Gasteiger partial charge in [0.2, 0.25) is 0 Å². The van der Waals surface area contributed by atoms with Crippen LogP contribution in [0.15, 0.2) is 24.7 Å². The molecule has 0 aliphatic heterocycles. The molecular weight excluding hydrogens is 292 g/mol. The van der Waals surface area contributed by atoms with Crippen molar-refractivity contribution in [3.63, 3.8) is 0 Å². The van der Waals surface area contributed by atoms with Gasteiger partial charge in [0.25, 0.3) is 0 Å². The summed E-state index contributed by atoms with van der Waals surface area (Å²) < 4.78 is 13.0. The summed E-state index contributed by atoms with van der Waals surface area (Å²) in [5.41, 5.74) is 1.37. The molecule has 0 amide bonds. The maximum atomic E-state index is 10.8.